The third-order valence-corrected chi connectivity index (χ3v) is 5.76. The largest absolute Gasteiger partial charge is 0.382 e. The van der Waals surface area contributed by atoms with Gasteiger partial charge < -0.3 is 18.9 Å². The minimum atomic E-state index is 0.0552. The Morgan fingerprint density at radius 2 is 2.14 bits per heavy atom. The summed E-state index contributed by atoms with van der Waals surface area (Å²) < 4.78 is 17.6. The van der Waals surface area contributed by atoms with Crippen LogP contribution in [-0.4, -0.2) is 63.4 Å². The number of benzene rings is 1. The first-order valence-corrected chi connectivity index (χ1v) is 10.1. The molecule has 8 nitrogen and oxygen atoms in total. The Kier molecular flexibility index (Phi) is 5.94. The molecule has 0 N–H and O–H groups in total. The molecule has 0 radical (unpaired) electrons. The summed E-state index contributed by atoms with van der Waals surface area (Å²) in [6.07, 6.45) is 5.53. The van der Waals surface area contributed by atoms with Crippen LogP contribution in [0.2, 0.25) is 0 Å². The van der Waals surface area contributed by atoms with E-state index in [0.717, 1.165) is 28.9 Å². The Morgan fingerprint density at radius 3 is 2.96 bits per heavy atom. The van der Waals surface area contributed by atoms with Crippen molar-refractivity contribution in [2.75, 3.05) is 33.4 Å². The Morgan fingerprint density at radius 1 is 1.29 bits per heavy atom. The molecule has 1 saturated heterocycles. The molecule has 1 aromatic carbocycles. The second-order valence-corrected chi connectivity index (χ2v) is 7.59. The summed E-state index contributed by atoms with van der Waals surface area (Å²) in [6.45, 7) is 3.04. The summed E-state index contributed by atoms with van der Waals surface area (Å²) in [4.78, 5) is 19.3. The second-order valence-electron chi connectivity index (χ2n) is 6.81. The van der Waals surface area contributed by atoms with E-state index in [1.807, 2.05) is 40.1 Å². The van der Waals surface area contributed by atoms with Crippen molar-refractivity contribution in [1.29, 1.82) is 0 Å². The first-order valence-electron chi connectivity index (χ1n) is 9.35. The van der Waals surface area contributed by atoms with E-state index in [0.29, 0.717) is 44.5 Å². The van der Waals surface area contributed by atoms with Gasteiger partial charge in [0.05, 0.1) is 17.9 Å². The molecule has 2 aromatic heterocycles. The van der Waals surface area contributed by atoms with Gasteiger partial charge in [0.25, 0.3) is 5.91 Å². The first kappa shape index (κ1) is 19.0. The van der Waals surface area contributed by atoms with Crippen LogP contribution in [0.25, 0.3) is 10.2 Å². The number of carbonyl (C=O) groups excluding carboxylic acids is 1. The number of ether oxygens (including phenoxy) is 2. The molecule has 0 bridgehead atoms. The lowest BCUT2D eigenvalue weighted by Crippen LogP contribution is -2.38. The SMILES string of the molecule is COCCOCn1ccnc1C1CCN(C(=O)c2ccc3snnc3c2)CC1. The minimum Gasteiger partial charge on any atom is -0.382 e. The summed E-state index contributed by atoms with van der Waals surface area (Å²) >= 11 is 1.34. The standard InChI is InChI=1S/C19H23N5O3S/c1-26-10-11-27-13-24-9-6-20-18(24)14-4-7-23(8-5-14)19(25)15-2-3-17-16(12-15)21-22-28-17/h2-3,6,9,12,14H,4-5,7-8,10-11,13H2,1H3. The number of piperidine rings is 1. The molecule has 3 aromatic rings. The number of nitrogens with zero attached hydrogens (tertiary/aromatic N) is 5. The van der Waals surface area contributed by atoms with Crippen LogP contribution in [0.1, 0.15) is 34.9 Å². The van der Waals surface area contributed by atoms with Crippen LogP contribution in [0, 0.1) is 0 Å². The molecule has 0 unspecified atom stereocenters. The fourth-order valence-corrected chi connectivity index (χ4v) is 4.07. The van der Waals surface area contributed by atoms with Gasteiger partial charge in [0.1, 0.15) is 18.1 Å². The summed E-state index contributed by atoms with van der Waals surface area (Å²) in [6, 6.07) is 5.61. The van der Waals surface area contributed by atoms with Crippen LogP contribution < -0.4 is 0 Å². The molecule has 1 aliphatic rings. The van der Waals surface area contributed by atoms with Crippen molar-refractivity contribution in [2.24, 2.45) is 0 Å². The first-order chi connectivity index (χ1) is 13.8. The van der Waals surface area contributed by atoms with Gasteiger partial charge in [-0.15, -0.1) is 5.10 Å². The van der Waals surface area contributed by atoms with Crippen molar-refractivity contribution in [1.82, 2.24) is 24.0 Å². The minimum absolute atomic E-state index is 0.0552. The van der Waals surface area contributed by atoms with Gasteiger partial charge >= 0.3 is 0 Å². The third-order valence-electron chi connectivity index (χ3n) is 5.05. The maximum Gasteiger partial charge on any atom is 0.253 e. The smallest absolute Gasteiger partial charge is 0.253 e. The summed E-state index contributed by atoms with van der Waals surface area (Å²) in [5.74, 6) is 1.41. The summed E-state index contributed by atoms with van der Waals surface area (Å²) in [5.41, 5.74) is 1.45. The molecule has 1 fully saturated rings. The molecule has 1 aliphatic heterocycles. The van der Waals surface area contributed by atoms with Crippen molar-refractivity contribution in [3.63, 3.8) is 0 Å². The van der Waals surface area contributed by atoms with E-state index in [4.69, 9.17) is 9.47 Å². The summed E-state index contributed by atoms with van der Waals surface area (Å²) in [7, 11) is 1.66. The maximum atomic E-state index is 12.9. The second kappa shape index (κ2) is 8.76. The van der Waals surface area contributed by atoms with Crippen molar-refractivity contribution >= 4 is 27.7 Å². The zero-order chi connectivity index (χ0) is 19.3. The molecular weight excluding hydrogens is 378 g/mol. The van der Waals surface area contributed by atoms with Crippen molar-refractivity contribution in [2.45, 2.75) is 25.5 Å². The number of aromatic nitrogens is 4. The zero-order valence-electron chi connectivity index (χ0n) is 15.8. The molecule has 9 heteroatoms. The zero-order valence-corrected chi connectivity index (χ0v) is 16.6. The highest BCUT2D eigenvalue weighted by atomic mass is 32.1. The molecule has 0 spiro atoms. The molecule has 3 heterocycles. The van der Waals surface area contributed by atoms with Crippen LogP contribution in [0.4, 0.5) is 0 Å². The predicted octanol–water partition coefficient (Wildman–Crippen LogP) is 2.53. The van der Waals surface area contributed by atoms with Crippen LogP contribution in [0.3, 0.4) is 0 Å². The highest BCUT2D eigenvalue weighted by Crippen LogP contribution is 2.28. The number of rotatable bonds is 7. The molecule has 4 rings (SSSR count). The Balaban J connectivity index is 1.35. The Bertz CT molecular complexity index is 932. The van der Waals surface area contributed by atoms with Gasteiger partial charge in [0, 0.05) is 44.1 Å². The fourth-order valence-electron chi connectivity index (χ4n) is 3.53. The van der Waals surface area contributed by atoms with Gasteiger partial charge in [-0.05, 0) is 42.6 Å². The molecule has 148 valence electrons. The highest BCUT2D eigenvalue weighted by molar-refractivity contribution is 7.12. The fraction of sp³-hybridized carbons (Fsp3) is 0.474. The van der Waals surface area contributed by atoms with Gasteiger partial charge in [-0.2, -0.15) is 0 Å². The van der Waals surface area contributed by atoms with Gasteiger partial charge in [0.15, 0.2) is 0 Å². The third kappa shape index (κ3) is 4.06. The normalized spacial score (nSPS) is 15.4. The molecule has 0 saturated carbocycles. The van der Waals surface area contributed by atoms with Crippen molar-refractivity contribution in [3.8, 4) is 0 Å². The molecule has 0 atom stereocenters. The Labute approximate surface area is 167 Å². The van der Waals surface area contributed by atoms with E-state index in [9.17, 15) is 4.79 Å². The molecule has 28 heavy (non-hydrogen) atoms. The van der Waals surface area contributed by atoms with Crippen molar-refractivity contribution in [3.05, 3.63) is 42.0 Å². The topological polar surface area (TPSA) is 82.4 Å². The number of carbonyl (C=O) groups is 1. The van der Waals surface area contributed by atoms with Crippen LogP contribution in [0.5, 0.6) is 0 Å². The number of imidazole rings is 1. The predicted molar refractivity (Wildman–Crippen MR) is 105 cm³/mol. The van der Waals surface area contributed by atoms with E-state index < -0.39 is 0 Å². The van der Waals surface area contributed by atoms with Crippen LogP contribution in [0.15, 0.2) is 30.6 Å². The van der Waals surface area contributed by atoms with Gasteiger partial charge in [-0.25, -0.2) is 4.98 Å². The van der Waals surface area contributed by atoms with E-state index in [1.165, 1.54) is 11.5 Å². The molecular formula is C19H23N5O3S. The molecule has 0 aliphatic carbocycles. The van der Waals surface area contributed by atoms with Gasteiger partial charge in [-0.3, -0.25) is 4.79 Å². The van der Waals surface area contributed by atoms with Gasteiger partial charge in [-0.1, -0.05) is 4.49 Å². The average molecular weight is 401 g/mol. The van der Waals surface area contributed by atoms with E-state index in [-0.39, 0.29) is 5.91 Å². The lowest BCUT2D eigenvalue weighted by molar-refractivity contribution is 0.0318. The van der Waals surface area contributed by atoms with Crippen LogP contribution >= 0.6 is 11.5 Å². The summed E-state index contributed by atoms with van der Waals surface area (Å²) in [5, 5.41) is 4.07. The van der Waals surface area contributed by atoms with E-state index in [2.05, 4.69) is 14.6 Å². The number of fused-ring (bicyclic) bond motifs is 1. The monoisotopic (exact) mass is 401 g/mol. The number of hydrogen-bond donors (Lipinski definition) is 0. The quantitative estimate of drug-likeness (QED) is 0.566. The molecule has 1 amide bonds. The van der Waals surface area contributed by atoms with Crippen LogP contribution in [-0.2, 0) is 16.2 Å². The van der Waals surface area contributed by atoms with Gasteiger partial charge in [0.2, 0.25) is 0 Å². The maximum absolute atomic E-state index is 12.9. The van der Waals surface area contributed by atoms with E-state index in [1.54, 1.807) is 7.11 Å². The Hall–Kier alpha value is -2.36. The highest BCUT2D eigenvalue weighted by Gasteiger charge is 2.27. The number of likely N-dealkylation sites (tertiary alicyclic amines) is 1. The number of methoxy groups -OCH3 is 1. The van der Waals surface area contributed by atoms with E-state index >= 15 is 0 Å². The lowest BCUT2D eigenvalue weighted by Gasteiger charge is -2.32. The number of hydrogen-bond acceptors (Lipinski definition) is 7. The lowest BCUT2D eigenvalue weighted by atomic mass is 9.95. The van der Waals surface area contributed by atoms with Crippen molar-refractivity contribution < 1.29 is 14.3 Å². The number of amides is 1. The average Bonchev–Trinajstić information content (AvgIpc) is 3.39.